The minimum Gasteiger partial charge on any atom is -0.483 e. The molecule has 1 aromatic carbocycles. The highest BCUT2D eigenvalue weighted by molar-refractivity contribution is 9.10. The standard InChI is InChI=1S/C12H13BrN4O4/c1-15-11(19)12(20)17-16-5-7-4-8(13)2-3-9(7)21-6-10(14)18/h2-5H,6H2,1H3,(H2,14,18)(H,15,19)(H,17,20)/b16-5-. The molecular formula is C12H13BrN4O4. The molecule has 3 amide bonds. The number of hydrogen-bond acceptors (Lipinski definition) is 5. The van der Waals surface area contributed by atoms with Gasteiger partial charge in [-0.2, -0.15) is 5.10 Å². The molecule has 0 heterocycles. The van der Waals surface area contributed by atoms with Crippen molar-refractivity contribution >= 4 is 39.9 Å². The summed E-state index contributed by atoms with van der Waals surface area (Å²) in [5.41, 5.74) is 7.54. The van der Waals surface area contributed by atoms with Crippen molar-refractivity contribution in [3.63, 3.8) is 0 Å². The molecule has 0 aliphatic rings. The molecular weight excluding hydrogens is 344 g/mol. The zero-order valence-electron chi connectivity index (χ0n) is 11.1. The van der Waals surface area contributed by atoms with E-state index < -0.39 is 17.7 Å². The number of halogens is 1. The van der Waals surface area contributed by atoms with E-state index in [1.807, 2.05) is 5.43 Å². The maximum atomic E-state index is 11.2. The average molecular weight is 357 g/mol. The van der Waals surface area contributed by atoms with Gasteiger partial charge in [0.05, 0.1) is 6.21 Å². The number of rotatable bonds is 5. The van der Waals surface area contributed by atoms with Gasteiger partial charge in [0.25, 0.3) is 5.91 Å². The molecule has 0 saturated carbocycles. The number of carbonyl (C=O) groups is 3. The van der Waals surface area contributed by atoms with Gasteiger partial charge in [-0.25, -0.2) is 5.43 Å². The molecule has 0 spiro atoms. The smallest absolute Gasteiger partial charge is 0.329 e. The molecule has 9 heteroatoms. The summed E-state index contributed by atoms with van der Waals surface area (Å²) in [6.45, 7) is -0.285. The van der Waals surface area contributed by atoms with E-state index in [0.29, 0.717) is 11.3 Å². The molecule has 0 fully saturated rings. The van der Waals surface area contributed by atoms with Gasteiger partial charge in [0, 0.05) is 17.1 Å². The number of hydrogen-bond donors (Lipinski definition) is 3. The molecule has 112 valence electrons. The summed E-state index contributed by atoms with van der Waals surface area (Å²) in [4.78, 5) is 32.9. The predicted molar refractivity (Wildman–Crippen MR) is 78.6 cm³/mol. The first-order valence-corrected chi connectivity index (χ1v) is 6.49. The number of likely N-dealkylation sites (N-methyl/N-ethyl adjacent to an activating group) is 1. The zero-order valence-corrected chi connectivity index (χ0v) is 12.6. The van der Waals surface area contributed by atoms with Gasteiger partial charge in [-0.15, -0.1) is 0 Å². The number of amides is 3. The van der Waals surface area contributed by atoms with Crippen molar-refractivity contribution in [2.45, 2.75) is 0 Å². The highest BCUT2D eigenvalue weighted by atomic mass is 79.9. The minimum absolute atomic E-state index is 0.285. The molecule has 1 aromatic rings. The Morgan fingerprint density at radius 1 is 1.38 bits per heavy atom. The largest absolute Gasteiger partial charge is 0.483 e. The van der Waals surface area contributed by atoms with Crippen LogP contribution >= 0.6 is 15.9 Å². The van der Waals surface area contributed by atoms with E-state index in [-0.39, 0.29) is 6.61 Å². The van der Waals surface area contributed by atoms with E-state index in [0.717, 1.165) is 4.47 Å². The number of nitrogens with two attached hydrogens (primary N) is 1. The van der Waals surface area contributed by atoms with Gasteiger partial charge in [0.15, 0.2) is 6.61 Å². The van der Waals surface area contributed by atoms with E-state index in [1.54, 1.807) is 18.2 Å². The molecule has 0 atom stereocenters. The normalized spacial score (nSPS) is 10.2. The topological polar surface area (TPSA) is 123 Å². The van der Waals surface area contributed by atoms with Crippen LogP contribution in [-0.2, 0) is 14.4 Å². The predicted octanol–water partition coefficient (Wildman–Crippen LogP) is -0.491. The molecule has 0 unspecified atom stereocenters. The third-order valence-corrected chi connectivity index (χ3v) is 2.64. The summed E-state index contributed by atoms with van der Waals surface area (Å²) < 4.78 is 5.94. The van der Waals surface area contributed by atoms with Gasteiger partial charge in [0.1, 0.15) is 5.75 Å². The lowest BCUT2D eigenvalue weighted by Crippen LogP contribution is -2.35. The van der Waals surface area contributed by atoms with Gasteiger partial charge in [-0.3, -0.25) is 14.4 Å². The fourth-order valence-corrected chi connectivity index (χ4v) is 1.60. The first-order chi connectivity index (χ1) is 9.93. The second kappa shape index (κ2) is 8.00. The van der Waals surface area contributed by atoms with Gasteiger partial charge in [0.2, 0.25) is 0 Å². The van der Waals surface area contributed by atoms with Crippen molar-refractivity contribution < 1.29 is 19.1 Å². The van der Waals surface area contributed by atoms with Gasteiger partial charge in [-0.05, 0) is 18.2 Å². The Kier molecular flexibility index (Phi) is 6.34. The lowest BCUT2D eigenvalue weighted by Gasteiger charge is -2.07. The molecule has 0 aliphatic heterocycles. The van der Waals surface area contributed by atoms with Crippen LogP contribution < -0.4 is 21.2 Å². The van der Waals surface area contributed by atoms with E-state index in [2.05, 4.69) is 26.3 Å². The summed E-state index contributed by atoms with van der Waals surface area (Å²) in [7, 11) is 1.33. The highest BCUT2D eigenvalue weighted by Gasteiger charge is 2.09. The van der Waals surface area contributed by atoms with Crippen LogP contribution in [0.2, 0.25) is 0 Å². The third-order valence-electron chi connectivity index (χ3n) is 2.14. The second-order valence-corrected chi connectivity index (χ2v) is 4.63. The maximum Gasteiger partial charge on any atom is 0.329 e. The number of benzene rings is 1. The molecule has 4 N–H and O–H groups in total. The van der Waals surface area contributed by atoms with Gasteiger partial charge in [-0.1, -0.05) is 15.9 Å². The van der Waals surface area contributed by atoms with Crippen molar-refractivity contribution in [1.82, 2.24) is 10.7 Å². The molecule has 21 heavy (non-hydrogen) atoms. The molecule has 0 aliphatic carbocycles. The fourth-order valence-electron chi connectivity index (χ4n) is 1.23. The van der Waals surface area contributed by atoms with Crippen LogP contribution in [-0.4, -0.2) is 37.6 Å². The average Bonchev–Trinajstić information content (AvgIpc) is 2.45. The Morgan fingerprint density at radius 3 is 2.71 bits per heavy atom. The number of carbonyl (C=O) groups excluding carboxylic acids is 3. The van der Waals surface area contributed by atoms with Gasteiger partial charge < -0.3 is 15.8 Å². The lowest BCUT2D eigenvalue weighted by atomic mass is 10.2. The molecule has 8 nitrogen and oxygen atoms in total. The van der Waals surface area contributed by atoms with Crippen LogP contribution in [0.25, 0.3) is 0 Å². The van der Waals surface area contributed by atoms with Crippen molar-refractivity contribution in [1.29, 1.82) is 0 Å². The van der Waals surface area contributed by atoms with Crippen LogP contribution in [0.3, 0.4) is 0 Å². The SMILES string of the molecule is CNC(=O)C(=O)N/N=C\c1cc(Br)ccc1OCC(N)=O. The Morgan fingerprint density at radius 2 is 2.10 bits per heavy atom. The Labute approximate surface area is 128 Å². The molecule has 0 radical (unpaired) electrons. The Hall–Kier alpha value is -2.42. The van der Waals surface area contributed by atoms with E-state index >= 15 is 0 Å². The highest BCUT2D eigenvalue weighted by Crippen LogP contribution is 2.21. The number of ether oxygens (including phenoxy) is 1. The monoisotopic (exact) mass is 356 g/mol. The van der Waals surface area contributed by atoms with Crippen molar-refractivity contribution in [2.24, 2.45) is 10.8 Å². The summed E-state index contributed by atoms with van der Waals surface area (Å²) in [6, 6.07) is 4.97. The molecule has 0 aromatic heterocycles. The number of nitrogens with zero attached hydrogens (tertiary/aromatic N) is 1. The third kappa shape index (κ3) is 5.61. The quantitative estimate of drug-likeness (QED) is 0.374. The summed E-state index contributed by atoms with van der Waals surface area (Å²) in [5, 5.41) is 5.80. The molecule has 0 saturated heterocycles. The number of hydrazone groups is 1. The number of primary amides is 1. The molecule has 0 bridgehead atoms. The summed E-state index contributed by atoms with van der Waals surface area (Å²) in [6.07, 6.45) is 1.28. The summed E-state index contributed by atoms with van der Waals surface area (Å²) in [5.74, 6) is -1.97. The summed E-state index contributed by atoms with van der Waals surface area (Å²) >= 11 is 3.27. The van der Waals surface area contributed by atoms with Crippen molar-refractivity contribution in [3.8, 4) is 5.75 Å². The van der Waals surface area contributed by atoms with Crippen LogP contribution in [0.15, 0.2) is 27.8 Å². The van der Waals surface area contributed by atoms with E-state index in [4.69, 9.17) is 10.5 Å². The van der Waals surface area contributed by atoms with Crippen LogP contribution in [0, 0.1) is 0 Å². The van der Waals surface area contributed by atoms with Crippen molar-refractivity contribution in [2.75, 3.05) is 13.7 Å². The number of nitrogens with one attached hydrogen (secondary N) is 2. The minimum atomic E-state index is -0.900. The Bertz CT molecular complexity index is 589. The van der Waals surface area contributed by atoms with Crippen molar-refractivity contribution in [3.05, 3.63) is 28.2 Å². The lowest BCUT2D eigenvalue weighted by molar-refractivity contribution is -0.138. The van der Waals surface area contributed by atoms with E-state index in [1.165, 1.54) is 13.3 Å². The molecule has 1 rings (SSSR count). The van der Waals surface area contributed by atoms with Gasteiger partial charge >= 0.3 is 11.8 Å². The van der Waals surface area contributed by atoms with Crippen LogP contribution in [0.1, 0.15) is 5.56 Å². The first kappa shape index (κ1) is 16.6. The second-order valence-electron chi connectivity index (χ2n) is 3.72. The first-order valence-electron chi connectivity index (χ1n) is 5.69. The van der Waals surface area contributed by atoms with Crippen LogP contribution in [0.5, 0.6) is 5.75 Å². The fraction of sp³-hybridized carbons (Fsp3) is 0.167. The maximum absolute atomic E-state index is 11.2. The van der Waals surface area contributed by atoms with E-state index in [9.17, 15) is 14.4 Å². The Balaban J connectivity index is 2.80. The zero-order chi connectivity index (χ0) is 15.8. The van der Waals surface area contributed by atoms with Crippen LogP contribution in [0.4, 0.5) is 0 Å².